The number of carbonyl (C=O) groups is 1. The molecular weight excluding hydrogens is 412 g/mol. The lowest BCUT2D eigenvalue weighted by atomic mass is 10.2. The highest BCUT2D eigenvalue weighted by atomic mass is 16.2. The first kappa shape index (κ1) is 22.0. The quantitative estimate of drug-likeness (QED) is 0.324. The van der Waals surface area contributed by atoms with Crippen LogP contribution in [0.3, 0.4) is 0 Å². The molecule has 0 aliphatic heterocycles. The number of rotatable bonds is 8. The van der Waals surface area contributed by atoms with Crippen LogP contribution in [0.5, 0.6) is 0 Å². The number of para-hydroxylation sites is 1. The summed E-state index contributed by atoms with van der Waals surface area (Å²) in [6.45, 7) is 6.16. The lowest BCUT2D eigenvalue weighted by Crippen LogP contribution is -2.21. The second-order valence-electron chi connectivity index (χ2n) is 7.34. The van der Waals surface area contributed by atoms with Gasteiger partial charge in [-0.2, -0.15) is 5.10 Å². The third kappa shape index (κ3) is 5.15. The minimum atomic E-state index is -0.474. The Morgan fingerprint density at radius 2 is 1.58 bits per heavy atom. The molecule has 0 aliphatic rings. The van der Waals surface area contributed by atoms with Crippen molar-refractivity contribution in [2.24, 2.45) is 5.10 Å². The number of nitrogens with one attached hydrogen (secondary N) is 1. The number of amides is 1. The minimum absolute atomic E-state index is 0.0479. The fourth-order valence-electron chi connectivity index (χ4n) is 3.51. The Bertz CT molecular complexity index is 1160. The highest BCUT2D eigenvalue weighted by Crippen LogP contribution is 2.21. The normalized spacial score (nSPS) is 11.0. The highest BCUT2D eigenvalue weighted by Gasteiger charge is 2.18. The second-order valence-corrected chi connectivity index (χ2v) is 7.34. The lowest BCUT2D eigenvalue weighted by molar-refractivity contribution is 0.0945. The molecule has 0 atom stereocenters. The van der Waals surface area contributed by atoms with E-state index in [9.17, 15) is 4.79 Å². The van der Waals surface area contributed by atoms with Gasteiger partial charge in [-0.3, -0.25) is 4.79 Å². The van der Waals surface area contributed by atoms with E-state index >= 15 is 0 Å². The third-order valence-corrected chi connectivity index (χ3v) is 5.24. The zero-order valence-corrected chi connectivity index (χ0v) is 18.7. The SMILES string of the molecule is CCN(CC)c1ccc(/C=N\NC(=O)c2nc(-c3ccccc3)n(-c3ccccc3)n2)cc1. The zero-order chi connectivity index (χ0) is 23.0. The average molecular weight is 439 g/mol. The zero-order valence-electron chi connectivity index (χ0n) is 18.7. The first-order chi connectivity index (χ1) is 16.2. The summed E-state index contributed by atoms with van der Waals surface area (Å²) in [4.78, 5) is 19.5. The molecule has 0 spiro atoms. The van der Waals surface area contributed by atoms with E-state index in [-0.39, 0.29) is 5.82 Å². The molecule has 4 rings (SSSR count). The Labute approximate surface area is 193 Å². The topological polar surface area (TPSA) is 75.4 Å². The summed E-state index contributed by atoms with van der Waals surface area (Å²) in [6.07, 6.45) is 1.61. The van der Waals surface area contributed by atoms with E-state index in [0.29, 0.717) is 5.82 Å². The van der Waals surface area contributed by atoms with Crippen LogP contribution in [0.15, 0.2) is 90.0 Å². The van der Waals surface area contributed by atoms with Gasteiger partial charge in [0.2, 0.25) is 5.82 Å². The summed E-state index contributed by atoms with van der Waals surface area (Å²) in [5.41, 5.74) is 6.26. The van der Waals surface area contributed by atoms with Crippen molar-refractivity contribution in [2.75, 3.05) is 18.0 Å². The monoisotopic (exact) mass is 438 g/mol. The maximum absolute atomic E-state index is 12.7. The summed E-state index contributed by atoms with van der Waals surface area (Å²) in [5, 5.41) is 8.54. The Morgan fingerprint density at radius 3 is 2.21 bits per heavy atom. The lowest BCUT2D eigenvalue weighted by Gasteiger charge is -2.20. The van der Waals surface area contributed by atoms with Crippen molar-refractivity contribution >= 4 is 17.8 Å². The van der Waals surface area contributed by atoms with Gasteiger partial charge in [-0.15, -0.1) is 5.10 Å². The molecule has 0 aliphatic carbocycles. The molecule has 1 amide bonds. The molecule has 0 saturated carbocycles. The standard InChI is InChI=1S/C26H26N6O/c1-3-31(4-2)22-17-15-20(16-18-22)19-27-29-26(33)24-28-25(21-11-7-5-8-12-21)32(30-24)23-13-9-6-10-14-23/h5-19H,3-4H2,1-2H3,(H,29,33)/b27-19-. The molecule has 166 valence electrons. The molecule has 3 aromatic carbocycles. The van der Waals surface area contributed by atoms with Crippen molar-refractivity contribution in [3.63, 3.8) is 0 Å². The van der Waals surface area contributed by atoms with Gasteiger partial charge in [0.1, 0.15) is 0 Å². The maximum atomic E-state index is 12.7. The van der Waals surface area contributed by atoms with Gasteiger partial charge in [-0.1, -0.05) is 60.7 Å². The molecule has 1 heterocycles. The Kier molecular flexibility index (Phi) is 6.90. The number of hydrogen-bond donors (Lipinski definition) is 1. The number of hydrazone groups is 1. The van der Waals surface area contributed by atoms with Crippen LogP contribution in [0, 0.1) is 0 Å². The molecule has 0 fully saturated rings. The Hall–Kier alpha value is -4.26. The summed E-state index contributed by atoms with van der Waals surface area (Å²) in [5.74, 6) is 0.160. The van der Waals surface area contributed by atoms with E-state index in [1.807, 2.05) is 84.9 Å². The summed E-state index contributed by atoms with van der Waals surface area (Å²) < 4.78 is 1.67. The van der Waals surface area contributed by atoms with Crippen LogP contribution >= 0.6 is 0 Å². The summed E-state index contributed by atoms with van der Waals surface area (Å²) in [7, 11) is 0. The molecule has 33 heavy (non-hydrogen) atoms. The molecule has 0 radical (unpaired) electrons. The van der Waals surface area contributed by atoms with Crippen molar-refractivity contribution < 1.29 is 4.79 Å². The molecule has 1 aromatic heterocycles. The van der Waals surface area contributed by atoms with E-state index in [1.54, 1.807) is 10.9 Å². The van der Waals surface area contributed by atoms with Gasteiger partial charge >= 0.3 is 5.91 Å². The van der Waals surface area contributed by atoms with Crippen LogP contribution in [-0.2, 0) is 0 Å². The van der Waals surface area contributed by atoms with Crippen LogP contribution < -0.4 is 10.3 Å². The molecule has 0 bridgehead atoms. The Morgan fingerprint density at radius 1 is 0.939 bits per heavy atom. The smallest absolute Gasteiger partial charge is 0.311 e. The first-order valence-electron chi connectivity index (χ1n) is 11.0. The maximum Gasteiger partial charge on any atom is 0.311 e. The first-order valence-corrected chi connectivity index (χ1v) is 11.0. The third-order valence-electron chi connectivity index (χ3n) is 5.24. The van der Waals surface area contributed by atoms with Gasteiger partial charge in [-0.25, -0.2) is 15.1 Å². The summed E-state index contributed by atoms with van der Waals surface area (Å²) in [6, 6.07) is 27.3. The molecule has 7 heteroatoms. The van der Waals surface area contributed by atoms with Gasteiger partial charge in [0.05, 0.1) is 11.9 Å². The van der Waals surface area contributed by atoms with Crippen molar-refractivity contribution in [2.45, 2.75) is 13.8 Å². The van der Waals surface area contributed by atoms with Gasteiger partial charge in [0.25, 0.3) is 0 Å². The molecular formula is C26H26N6O. The predicted octanol–water partition coefficient (Wildman–Crippen LogP) is 4.54. The minimum Gasteiger partial charge on any atom is -0.372 e. The van der Waals surface area contributed by atoms with Crippen LogP contribution in [0.2, 0.25) is 0 Å². The van der Waals surface area contributed by atoms with E-state index < -0.39 is 5.91 Å². The van der Waals surface area contributed by atoms with Crippen LogP contribution in [0.25, 0.3) is 17.1 Å². The van der Waals surface area contributed by atoms with Crippen LogP contribution in [0.1, 0.15) is 30.0 Å². The van der Waals surface area contributed by atoms with Crippen molar-refractivity contribution in [3.05, 3.63) is 96.3 Å². The molecule has 1 N–H and O–H groups in total. The largest absolute Gasteiger partial charge is 0.372 e. The number of hydrogen-bond acceptors (Lipinski definition) is 5. The summed E-state index contributed by atoms with van der Waals surface area (Å²) >= 11 is 0. The fraction of sp³-hybridized carbons (Fsp3) is 0.154. The van der Waals surface area contributed by atoms with Gasteiger partial charge in [0, 0.05) is 24.3 Å². The van der Waals surface area contributed by atoms with E-state index in [2.05, 4.69) is 39.4 Å². The number of aromatic nitrogens is 3. The molecule has 0 saturated heterocycles. The van der Waals surface area contributed by atoms with Crippen LogP contribution in [-0.4, -0.2) is 40.0 Å². The highest BCUT2D eigenvalue weighted by molar-refractivity contribution is 5.92. The second kappa shape index (κ2) is 10.4. The average Bonchev–Trinajstić information content (AvgIpc) is 3.32. The van der Waals surface area contributed by atoms with Crippen molar-refractivity contribution in [1.29, 1.82) is 0 Å². The number of nitrogens with zero attached hydrogens (tertiary/aromatic N) is 5. The van der Waals surface area contributed by atoms with Crippen molar-refractivity contribution in [1.82, 2.24) is 20.2 Å². The van der Waals surface area contributed by atoms with E-state index in [4.69, 9.17) is 0 Å². The predicted molar refractivity (Wildman–Crippen MR) is 132 cm³/mol. The number of carbonyl (C=O) groups excluding carboxylic acids is 1. The van der Waals surface area contributed by atoms with Gasteiger partial charge < -0.3 is 4.90 Å². The molecule has 0 unspecified atom stereocenters. The van der Waals surface area contributed by atoms with Gasteiger partial charge in [0.15, 0.2) is 5.82 Å². The van der Waals surface area contributed by atoms with Crippen LogP contribution in [0.4, 0.5) is 5.69 Å². The molecule has 7 nitrogen and oxygen atoms in total. The Balaban J connectivity index is 1.52. The fourth-order valence-corrected chi connectivity index (χ4v) is 3.51. The van der Waals surface area contributed by atoms with Gasteiger partial charge in [-0.05, 0) is 43.7 Å². The van der Waals surface area contributed by atoms with E-state index in [0.717, 1.165) is 35.6 Å². The number of anilines is 1. The van der Waals surface area contributed by atoms with E-state index in [1.165, 1.54) is 0 Å². The molecule has 4 aromatic rings. The number of benzene rings is 3. The van der Waals surface area contributed by atoms with Crippen molar-refractivity contribution in [3.8, 4) is 17.1 Å².